The zero-order chi connectivity index (χ0) is 11.1. The molecule has 0 radical (unpaired) electrons. The molecule has 0 bridgehead atoms. The second-order valence-corrected chi connectivity index (χ2v) is 4.49. The summed E-state index contributed by atoms with van der Waals surface area (Å²) in [7, 11) is 1.68. The molecular weight excluding hydrogens is 198 g/mol. The van der Waals surface area contributed by atoms with E-state index < -0.39 is 0 Å². The van der Waals surface area contributed by atoms with Crippen molar-refractivity contribution in [3.05, 3.63) is 35.5 Å². The van der Waals surface area contributed by atoms with E-state index in [0.717, 1.165) is 17.2 Å². The number of benzene rings is 1. The Labute approximate surface area is 95.3 Å². The summed E-state index contributed by atoms with van der Waals surface area (Å²) in [6.45, 7) is 2.16. The molecule has 1 aromatic carbocycles. The van der Waals surface area contributed by atoms with E-state index in [4.69, 9.17) is 4.74 Å². The van der Waals surface area contributed by atoms with Crippen molar-refractivity contribution in [3.63, 3.8) is 0 Å². The average Bonchev–Trinajstić information content (AvgIpc) is 3.12. The molecule has 3 rings (SSSR count). The van der Waals surface area contributed by atoms with Gasteiger partial charge >= 0.3 is 0 Å². The first-order valence-electron chi connectivity index (χ1n) is 5.73. The van der Waals surface area contributed by atoms with Crippen molar-refractivity contribution >= 4 is 10.8 Å². The number of hydrogen-bond donors (Lipinski definition) is 0. The van der Waals surface area contributed by atoms with Crippen LogP contribution in [0.25, 0.3) is 10.8 Å². The largest absolute Gasteiger partial charge is 0.481 e. The van der Waals surface area contributed by atoms with Gasteiger partial charge in [-0.3, -0.25) is 0 Å². The lowest BCUT2D eigenvalue weighted by Crippen LogP contribution is -1.94. The molecule has 2 nitrogen and oxygen atoms in total. The fraction of sp³-hybridized carbons (Fsp3) is 0.357. The Hall–Kier alpha value is -1.57. The van der Waals surface area contributed by atoms with Gasteiger partial charge < -0.3 is 4.74 Å². The Bertz CT molecular complexity index is 544. The summed E-state index contributed by atoms with van der Waals surface area (Å²) in [5.41, 5.74) is 2.72. The maximum absolute atomic E-state index is 5.33. The second-order valence-electron chi connectivity index (χ2n) is 4.49. The monoisotopic (exact) mass is 213 g/mol. The van der Waals surface area contributed by atoms with Crippen LogP contribution in [0, 0.1) is 6.92 Å². The predicted octanol–water partition coefficient (Wildman–Crippen LogP) is 3.43. The Kier molecular flexibility index (Phi) is 2.10. The normalized spacial score (nSPS) is 15.4. The van der Waals surface area contributed by atoms with Crippen LogP contribution in [0.15, 0.2) is 24.4 Å². The van der Waals surface area contributed by atoms with Crippen molar-refractivity contribution in [3.8, 4) is 5.88 Å². The molecule has 0 spiro atoms. The summed E-state index contributed by atoms with van der Waals surface area (Å²) in [5, 5.41) is 2.49. The highest BCUT2D eigenvalue weighted by Crippen LogP contribution is 2.44. The van der Waals surface area contributed by atoms with Crippen LogP contribution in [0.3, 0.4) is 0 Å². The Balaban J connectivity index is 2.36. The highest BCUT2D eigenvalue weighted by molar-refractivity contribution is 5.92. The third kappa shape index (κ3) is 1.37. The predicted molar refractivity (Wildman–Crippen MR) is 65.0 cm³/mol. The first-order chi connectivity index (χ1) is 7.81. The highest BCUT2D eigenvalue weighted by Gasteiger charge is 2.26. The van der Waals surface area contributed by atoms with Crippen molar-refractivity contribution in [2.24, 2.45) is 0 Å². The summed E-state index contributed by atoms with van der Waals surface area (Å²) >= 11 is 0. The number of aromatic nitrogens is 1. The van der Waals surface area contributed by atoms with E-state index in [1.165, 1.54) is 29.4 Å². The Morgan fingerprint density at radius 1 is 1.31 bits per heavy atom. The van der Waals surface area contributed by atoms with E-state index in [9.17, 15) is 0 Å². The van der Waals surface area contributed by atoms with Crippen molar-refractivity contribution < 1.29 is 4.74 Å². The number of nitrogens with zero attached hydrogens (tertiary/aromatic N) is 1. The quantitative estimate of drug-likeness (QED) is 0.762. The van der Waals surface area contributed by atoms with Crippen molar-refractivity contribution in [1.29, 1.82) is 0 Å². The van der Waals surface area contributed by atoms with Crippen LogP contribution in [0.5, 0.6) is 5.88 Å². The molecule has 1 fully saturated rings. The molecule has 2 aromatic rings. The molecule has 0 saturated heterocycles. The van der Waals surface area contributed by atoms with Gasteiger partial charge in [0.2, 0.25) is 5.88 Å². The maximum Gasteiger partial charge on any atom is 0.221 e. The number of hydrogen-bond acceptors (Lipinski definition) is 2. The molecule has 1 aliphatic rings. The molecule has 1 heterocycles. The van der Waals surface area contributed by atoms with E-state index in [1.54, 1.807) is 7.11 Å². The molecule has 0 unspecified atom stereocenters. The molecule has 0 aliphatic heterocycles. The van der Waals surface area contributed by atoms with Crippen LogP contribution in [0.1, 0.15) is 29.9 Å². The number of fused-ring (bicyclic) bond motifs is 1. The van der Waals surface area contributed by atoms with Crippen molar-refractivity contribution in [2.45, 2.75) is 25.7 Å². The maximum atomic E-state index is 5.33. The zero-order valence-corrected chi connectivity index (χ0v) is 9.66. The fourth-order valence-electron chi connectivity index (χ4n) is 2.36. The van der Waals surface area contributed by atoms with Gasteiger partial charge in [-0.1, -0.05) is 12.1 Å². The van der Waals surface area contributed by atoms with Crippen LogP contribution in [0.4, 0.5) is 0 Å². The van der Waals surface area contributed by atoms with E-state index in [1.807, 2.05) is 6.20 Å². The number of ether oxygens (including phenoxy) is 1. The van der Waals surface area contributed by atoms with Gasteiger partial charge in [0.25, 0.3) is 0 Å². The Morgan fingerprint density at radius 2 is 2.12 bits per heavy atom. The van der Waals surface area contributed by atoms with Gasteiger partial charge in [0.05, 0.1) is 7.11 Å². The van der Waals surface area contributed by atoms with Gasteiger partial charge in [0, 0.05) is 11.6 Å². The summed E-state index contributed by atoms with van der Waals surface area (Å²) < 4.78 is 5.33. The number of aryl methyl sites for hydroxylation is 1. The van der Waals surface area contributed by atoms with Crippen molar-refractivity contribution in [2.75, 3.05) is 7.11 Å². The van der Waals surface area contributed by atoms with E-state index in [2.05, 4.69) is 30.1 Å². The zero-order valence-electron chi connectivity index (χ0n) is 9.66. The average molecular weight is 213 g/mol. The van der Waals surface area contributed by atoms with Gasteiger partial charge in [0.1, 0.15) is 0 Å². The lowest BCUT2D eigenvalue weighted by atomic mass is 10.00. The third-order valence-corrected chi connectivity index (χ3v) is 3.32. The topological polar surface area (TPSA) is 22.1 Å². The van der Waals surface area contributed by atoms with E-state index in [-0.39, 0.29) is 0 Å². The molecule has 0 N–H and O–H groups in total. The number of pyridine rings is 1. The first-order valence-corrected chi connectivity index (χ1v) is 5.73. The van der Waals surface area contributed by atoms with Gasteiger partial charge in [-0.2, -0.15) is 0 Å². The summed E-state index contributed by atoms with van der Waals surface area (Å²) in [4.78, 5) is 4.41. The number of rotatable bonds is 2. The molecule has 1 aromatic heterocycles. The lowest BCUT2D eigenvalue weighted by Gasteiger charge is -2.10. The minimum atomic E-state index is 0.724. The summed E-state index contributed by atoms with van der Waals surface area (Å²) in [5.74, 6) is 1.46. The SMILES string of the molecule is COc1ncc(C2CC2)c2c(C)cccc12. The highest BCUT2D eigenvalue weighted by atomic mass is 16.5. The molecule has 0 atom stereocenters. The van der Waals surface area contributed by atoms with Gasteiger partial charge in [-0.15, -0.1) is 0 Å². The van der Waals surface area contributed by atoms with E-state index >= 15 is 0 Å². The molecule has 82 valence electrons. The molecule has 2 heteroatoms. The van der Waals surface area contributed by atoms with Gasteiger partial charge in [-0.05, 0) is 48.3 Å². The summed E-state index contributed by atoms with van der Waals surface area (Å²) in [6, 6.07) is 6.33. The van der Waals surface area contributed by atoms with Crippen LogP contribution < -0.4 is 4.74 Å². The second kappa shape index (κ2) is 3.48. The molecule has 0 amide bonds. The van der Waals surface area contributed by atoms with Crippen LogP contribution >= 0.6 is 0 Å². The van der Waals surface area contributed by atoms with Gasteiger partial charge in [-0.25, -0.2) is 4.98 Å². The standard InChI is InChI=1S/C14H15NO/c1-9-4-3-5-11-13(9)12(10-6-7-10)8-15-14(11)16-2/h3-5,8,10H,6-7H2,1-2H3. The minimum Gasteiger partial charge on any atom is -0.481 e. The smallest absolute Gasteiger partial charge is 0.221 e. The fourth-order valence-corrected chi connectivity index (χ4v) is 2.36. The van der Waals surface area contributed by atoms with Crippen LogP contribution in [0.2, 0.25) is 0 Å². The minimum absolute atomic E-state index is 0.724. The van der Waals surface area contributed by atoms with Crippen LogP contribution in [-0.2, 0) is 0 Å². The van der Waals surface area contributed by atoms with Crippen LogP contribution in [-0.4, -0.2) is 12.1 Å². The molecule has 1 saturated carbocycles. The summed E-state index contributed by atoms with van der Waals surface area (Å²) in [6.07, 6.45) is 4.60. The molecular formula is C14H15NO. The Morgan fingerprint density at radius 3 is 2.81 bits per heavy atom. The molecule has 16 heavy (non-hydrogen) atoms. The van der Waals surface area contributed by atoms with Gasteiger partial charge in [0.15, 0.2) is 0 Å². The molecule has 1 aliphatic carbocycles. The van der Waals surface area contributed by atoms with Crippen molar-refractivity contribution in [1.82, 2.24) is 4.98 Å². The lowest BCUT2D eigenvalue weighted by molar-refractivity contribution is 0.403. The first kappa shape index (κ1) is 9.64. The van der Waals surface area contributed by atoms with E-state index in [0.29, 0.717) is 0 Å². The number of methoxy groups -OCH3 is 1. The third-order valence-electron chi connectivity index (χ3n) is 3.32.